The quantitative estimate of drug-likeness (QED) is 0.709. The SMILES string of the molecule is C=CCC(C)(N)c1ccc(F)cc1. The second-order valence-electron chi connectivity index (χ2n) is 3.42. The lowest BCUT2D eigenvalue weighted by molar-refractivity contribution is 0.501. The number of benzene rings is 1. The third kappa shape index (κ3) is 2.39. The Kier molecular flexibility index (Phi) is 2.83. The minimum Gasteiger partial charge on any atom is -0.321 e. The zero-order valence-electron chi connectivity index (χ0n) is 7.76. The molecule has 1 aromatic rings. The molecule has 0 saturated carbocycles. The summed E-state index contributed by atoms with van der Waals surface area (Å²) in [4.78, 5) is 0. The molecule has 1 nitrogen and oxygen atoms in total. The van der Waals surface area contributed by atoms with E-state index in [-0.39, 0.29) is 5.82 Å². The lowest BCUT2D eigenvalue weighted by atomic mass is 9.90. The van der Waals surface area contributed by atoms with Crippen LogP contribution in [0.4, 0.5) is 4.39 Å². The fourth-order valence-electron chi connectivity index (χ4n) is 1.25. The van der Waals surface area contributed by atoms with Crippen molar-refractivity contribution < 1.29 is 4.39 Å². The Balaban J connectivity index is 2.93. The maximum atomic E-state index is 12.6. The minimum atomic E-state index is -0.449. The predicted octanol–water partition coefficient (Wildman–Crippen LogP) is 2.58. The summed E-state index contributed by atoms with van der Waals surface area (Å²) < 4.78 is 12.6. The van der Waals surface area contributed by atoms with Crippen molar-refractivity contribution in [1.82, 2.24) is 0 Å². The van der Waals surface area contributed by atoms with E-state index in [1.165, 1.54) is 12.1 Å². The summed E-state index contributed by atoms with van der Waals surface area (Å²) >= 11 is 0. The first-order valence-electron chi connectivity index (χ1n) is 4.22. The van der Waals surface area contributed by atoms with E-state index in [4.69, 9.17) is 5.73 Å². The van der Waals surface area contributed by atoms with Crippen LogP contribution in [0.5, 0.6) is 0 Å². The molecule has 2 N–H and O–H groups in total. The second-order valence-corrected chi connectivity index (χ2v) is 3.42. The van der Waals surface area contributed by atoms with Gasteiger partial charge in [0.2, 0.25) is 0 Å². The first-order valence-corrected chi connectivity index (χ1v) is 4.22. The fourth-order valence-corrected chi connectivity index (χ4v) is 1.25. The lowest BCUT2D eigenvalue weighted by Crippen LogP contribution is -2.32. The molecule has 0 saturated heterocycles. The van der Waals surface area contributed by atoms with E-state index >= 15 is 0 Å². The van der Waals surface area contributed by atoms with Crippen molar-refractivity contribution in [2.75, 3.05) is 0 Å². The zero-order chi connectivity index (χ0) is 9.90. The molecule has 1 unspecified atom stereocenters. The highest BCUT2D eigenvalue weighted by Gasteiger charge is 2.18. The van der Waals surface area contributed by atoms with Gasteiger partial charge in [-0.15, -0.1) is 6.58 Å². The largest absolute Gasteiger partial charge is 0.321 e. The molecule has 0 heterocycles. The van der Waals surface area contributed by atoms with Crippen LogP contribution in [0.15, 0.2) is 36.9 Å². The minimum absolute atomic E-state index is 0.238. The molecule has 1 atom stereocenters. The number of halogens is 1. The molecule has 0 radical (unpaired) electrons. The predicted molar refractivity (Wildman–Crippen MR) is 52.8 cm³/mol. The summed E-state index contributed by atoms with van der Waals surface area (Å²) in [5, 5.41) is 0. The third-order valence-corrected chi connectivity index (χ3v) is 2.07. The van der Waals surface area contributed by atoms with Crippen molar-refractivity contribution in [3.05, 3.63) is 48.3 Å². The summed E-state index contributed by atoms with van der Waals surface area (Å²) in [6, 6.07) is 6.25. The first-order chi connectivity index (χ1) is 6.06. The van der Waals surface area contributed by atoms with Crippen molar-refractivity contribution in [2.24, 2.45) is 5.73 Å². The van der Waals surface area contributed by atoms with Gasteiger partial charge in [-0.05, 0) is 31.0 Å². The van der Waals surface area contributed by atoms with Gasteiger partial charge in [-0.2, -0.15) is 0 Å². The molecule has 0 aliphatic heterocycles. The summed E-state index contributed by atoms with van der Waals surface area (Å²) in [7, 11) is 0. The van der Waals surface area contributed by atoms with E-state index in [0.29, 0.717) is 6.42 Å². The fraction of sp³-hybridized carbons (Fsp3) is 0.273. The normalized spacial score (nSPS) is 15.0. The van der Waals surface area contributed by atoms with Crippen molar-refractivity contribution >= 4 is 0 Å². The molecule has 1 aromatic carbocycles. The van der Waals surface area contributed by atoms with Gasteiger partial charge >= 0.3 is 0 Å². The van der Waals surface area contributed by atoms with E-state index < -0.39 is 5.54 Å². The van der Waals surface area contributed by atoms with Crippen molar-refractivity contribution in [1.29, 1.82) is 0 Å². The summed E-state index contributed by atoms with van der Waals surface area (Å²) in [5.41, 5.74) is 6.48. The highest BCUT2D eigenvalue weighted by Crippen LogP contribution is 2.21. The number of hydrogen-bond acceptors (Lipinski definition) is 1. The standard InChI is InChI=1S/C11H14FN/c1-3-8-11(2,13)9-4-6-10(12)7-5-9/h3-7H,1,8,13H2,2H3. The van der Waals surface area contributed by atoms with Crippen molar-refractivity contribution in [3.63, 3.8) is 0 Å². The van der Waals surface area contributed by atoms with Gasteiger partial charge in [-0.25, -0.2) is 4.39 Å². The molecule has 70 valence electrons. The van der Waals surface area contributed by atoms with E-state index in [1.54, 1.807) is 18.2 Å². The van der Waals surface area contributed by atoms with Crippen LogP contribution in [0.3, 0.4) is 0 Å². The molecule has 0 fully saturated rings. The van der Waals surface area contributed by atoms with E-state index in [9.17, 15) is 4.39 Å². The van der Waals surface area contributed by atoms with Crippen LogP contribution in [0.25, 0.3) is 0 Å². The zero-order valence-corrected chi connectivity index (χ0v) is 7.76. The van der Waals surface area contributed by atoms with E-state index in [2.05, 4.69) is 6.58 Å². The Bertz CT molecular complexity index is 287. The van der Waals surface area contributed by atoms with E-state index in [1.807, 2.05) is 6.92 Å². The average Bonchev–Trinajstić information content (AvgIpc) is 2.05. The monoisotopic (exact) mass is 179 g/mol. The van der Waals surface area contributed by atoms with Gasteiger partial charge in [-0.1, -0.05) is 18.2 Å². The van der Waals surface area contributed by atoms with Crippen LogP contribution in [0.1, 0.15) is 18.9 Å². The molecule has 1 rings (SSSR count). The molecule has 0 amide bonds. The summed E-state index contributed by atoms with van der Waals surface area (Å²) in [6.45, 7) is 5.54. The van der Waals surface area contributed by atoms with Crippen LogP contribution in [0, 0.1) is 5.82 Å². The lowest BCUT2D eigenvalue weighted by Gasteiger charge is -2.23. The number of nitrogens with two attached hydrogens (primary N) is 1. The van der Waals surface area contributed by atoms with Gasteiger partial charge in [0.25, 0.3) is 0 Å². The Morgan fingerprint density at radius 1 is 1.46 bits per heavy atom. The van der Waals surface area contributed by atoms with Crippen LogP contribution >= 0.6 is 0 Å². The van der Waals surface area contributed by atoms with Gasteiger partial charge in [0, 0.05) is 5.54 Å². The van der Waals surface area contributed by atoms with Gasteiger partial charge in [0.05, 0.1) is 0 Å². The Morgan fingerprint density at radius 2 is 2.00 bits per heavy atom. The average molecular weight is 179 g/mol. The molecule has 13 heavy (non-hydrogen) atoms. The Hall–Kier alpha value is -1.15. The van der Waals surface area contributed by atoms with E-state index in [0.717, 1.165) is 5.56 Å². The maximum Gasteiger partial charge on any atom is 0.123 e. The van der Waals surface area contributed by atoms with Gasteiger partial charge in [0.15, 0.2) is 0 Å². The Labute approximate surface area is 78.1 Å². The number of hydrogen-bond donors (Lipinski definition) is 1. The third-order valence-electron chi connectivity index (χ3n) is 2.07. The molecule has 0 bridgehead atoms. The second kappa shape index (κ2) is 3.71. The van der Waals surface area contributed by atoms with Crippen LogP contribution in [-0.4, -0.2) is 0 Å². The molecule has 0 aliphatic rings. The molecular formula is C11H14FN. The molecule has 0 aliphatic carbocycles. The summed E-state index contributed by atoms with van der Waals surface area (Å²) in [6.07, 6.45) is 2.45. The number of rotatable bonds is 3. The van der Waals surface area contributed by atoms with Gasteiger partial charge in [-0.3, -0.25) is 0 Å². The molecular weight excluding hydrogens is 165 g/mol. The molecule has 0 spiro atoms. The van der Waals surface area contributed by atoms with Crippen LogP contribution in [-0.2, 0) is 5.54 Å². The summed E-state index contributed by atoms with van der Waals surface area (Å²) in [5.74, 6) is -0.238. The maximum absolute atomic E-state index is 12.6. The van der Waals surface area contributed by atoms with Crippen molar-refractivity contribution in [2.45, 2.75) is 18.9 Å². The highest BCUT2D eigenvalue weighted by atomic mass is 19.1. The van der Waals surface area contributed by atoms with Gasteiger partial charge < -0.3 is 5.73 Å². The topological polar surface area (TPSA) is 26.0 Å². The van der Waals surface area contributed by atoms with Crippen LogP contribution < -0.4 is 5.73 Å². The highest BCUT2D eigenvalue weighted by molar-refractivity contribution is 5.24. The molecule has 2 heteroatoms. The van der Waals surface area contributed by atoms with Crippen LogP contribution in [0.2, 0.25) is 0 Å². The Morgan fingerprint density at radius 3 is 2.46 bits per heavy atom. The molecule has 0 aromatic heterocycles. The van der Waals surface area contributed by atoms with Crippen molar-refractivity contribution in [3.8, 4) is 0 Å². The first kappa shape index (κ1) is 9.93. The smallest absolute Gasteiger partial charge is 0.123 e. The van der Waals surface area contributed by atoms with Gasteiger partial charge in [0.1, 0.15) is 5.82 Å².